The monoisotopic (exact) mass is 352 g/mol. The molecule has 1 aromatic carbocycles. The Morgan fingerprint density at radius 2 is 1.76 bits per heavy atom. The first-order chi connectivity index (χ1) is 9.97. The smallest absolute Gasteiger partial charge is 0.257 e. The third-order valence-corrected chi connectivity index (χ3v) is 4.00. The highest BCUT2D eigenvalue weighted by molar-refractivity contribution is 6.43. The zero-order valence-electron chi connectivity index (χ0n) is 12.1. The number of likely N-dealkylation sites (N-methyl/N-ethyl adjacent to an activating group) is 1. The van der Waals surface area contributed by atoms with E-state index in [1.807, 2.05) is 0 Å². The van der Waals surface area contributed by atoms with Gasteiger partial charge in [0, 0.05) is 19.2 Å². The molecule has 1 aromatic rings. The number of hydrogen-bond acceptors (Lipinski definition) is 3. The summed E-state index contributed by atoms with van der Waals surface area (Å²) in [5.41, 5.74) is 0. The van der Waals surface area contributed by atoms with Crippen LogP contribution in [0.2, 0.25) is 15.1 Å². The van der Waals surface area contributed by atoms with E-state index in [1.54, 1.807) is 0 Å². The quantitative estimate of drug-likeness (QED) is 0.727. The number of halogens is 3. The average molecular weight is 354 g/mol. The molecule has 1 N–H and O–H groups in total. The molecule has 4 nitrogen and oxygen atoms in total. The number of nitrogens with zero attached hydrogens (tertiary/aromatic N) is 1. The lowest BCUT2D eigenvalue weighted by Crippen LogP contribution is -2.36. The van der Waals surface area contributed by atoms with Crippen LogP contribution in [0.1, 0.15) is 13.8 Å². The number of carbonyl (C=O) groups excluding carboxylic acids is 1. The van der Waals surface area contributed by atoms with E-state index in [4.69, 9.17) is 39.5 Å². The first-order valence-corrected chi connectivity index (χ1v) is 7.87. The van der Waals surface area contributed by atoms with Gasteiger partial charge in [-0.25, -0.2) is 0 Å². The minimum atomic E-state index is -0.204. The van der Waals surface area contributed by atoms with Crippen LogP contribution in [0.5, 0.6) is 5.75 Å². The number of ether oxygens (including phenoxy) is 1. The van der Waals surface area contributed by atoms with Crippen molar-refractivity contribution >= 4 is 40.7 Å². The molecule has 0 aliphatic rings. The molecule has 1 rings (SSSR count). The Bertz CT molecular complexity index is 480. The third-order valence-electron chi connectivity index (χ3n) is 2.98. The van der Waals surface area contributed by atoms with Gasteiger partial charge >= 0.3 is 0 Å². The first-order valence-electron chi connectivity index (χ1n) is 6.74. The van der Waals surface area contributed by atoms with Crippen LogP contribution in [-0.2, 0) is 4.79 Å². The summed E-state index contributed by atoms with van der Waals surface area (Å²) in [6, 6.07) is 2.98. The van der Waals surface area contributed by atoms with Crippen LogP contribution in [0.25, 0.3) is 0 Å². The number of rotatable bonds is 8. The van der Waals surface area contributed by atoms with E-state index in [2.05, 4.69) is 24.1 Å². The summed E-state index contributed by atoms with van der Waals surface area (Å²) in [6.45, 7) is 7.37. The van der Waals surface area contributed by atoms with Gasteiger partial charge in [0.05, 0.1) is 15.1 Å². The predicted molar refractivity (Wildman–Crippen MR) is 87.8 cm³/mol. The van der Waals surface area contributed by atoms with Gasteiger partial charge in [0.2, 0.25) is 0 Å². The van der Waals surface area contributed by atoms with E-state index < -0.39 is 0 Å². The molecule has 0 unspecified atom stereocenters. The fourth-order valence-corrected chi connectivity index (χ4v) is 2.29. The van der Waals surface area contributed by atoms with Crippen LogP contribution in [-0.4, -0.2) is 43.6 Å². The fraction of sp³-hybridized carbons (Fsp3) is 0.500. The molecule has 0 saturated carbocycles. The van der Waals surface area contributed by atoms with Crippen LogP contribution in [0.15, 0.2) is 12.1 Å². The molecule has 0 radical (unpaired) electrons. The van der Waals surface area contributed by atoms with Crippen molar-refractivity contribution in [1.82, 2.24) is 10.2 Å². The van der Waals surface area contributed by atoms with E-state index in [9.17, 15) is 4.79 Å². The van der Waals surface area contributed by atoms with Crippen molar-refractivity contribution in [2.75, 3.05) is 32.8 Å². The van der Waals surface area contributed by atoms with Gasteiger partial charge in [-0.2, -0.15) is 0 Å². The van der Waals surface area contributed by atoms with Crippen molar-refractivity contribution in [1.29, 1.82) is 0 Å². The van der Waals surface area contributed by atoms with E-state index in [0.29, 0.717) is 27.4 Å². The predicted octanol–water partition coefficient (Wildman–Crippen LogP) is 3.48. The molecule has 0 saturated heterocycles. The van der Waals surface area contributed by atoms with Crippen LogP contribution in [0, 0.1) is 0 Å². The van der Waals surface area contributed by atoms with Gasteiger partial charge in [-0.05, 0) is 19.2 Å². The first kappa shape index (κ1) is 18.4. The number of amides is 1. The summed E-state index contributed by atoms with van der Waals surface area (Å²) in [7, 11) is 0. The lowest BCUT2D eigenvalue weighted by Gasteiger charge is -2.18. The Labute approximate surface area is 140 Å². The molecule has 7 heteroatoms. The van der Waals surface area contributed by atoms with Gasteiger partial charge in [-0.3, -0.25) is 4.79 Å². The van der Waals surface area contributed by atoms with Crippen molar-refractivity contribution in [3.63, 3.8) is 0 Å². The highest BCUT2D eigenvalue weighted by Gasteiger charge is 2.09. The Balaban J connectivity index is 2.38. The van der Waals surface area contributed by atoms with Crippen LogP contribution < -0.4 is 10.1 Å². The van der Waals surface area contributed by atoms with Gasteiger partial charge in [0.1, 0.15) is 5.75 Å². The van der Waals surface area contributed by atoms with Crippen LogP contribution in [0.3, 0.4) is 0 Å². The maximum absolute atomic E-state index is 11.7. The molecule has 0 aliphatic carbocycles. The van der Waals surface area contributed by atoms with E-state index >= 15 is 0 Å². The third kappa shape index (κ3) is 6.30. The highest BCUT2D eigenvalue weighted by Crippen LogP contribution is 2.33. The van der Waals surface area contributed by atoms with Crippen LogP contribution >= 0.6 is 34.8 Å². The van der Waals surface area contributed by atoms with E-state index in [1.165, 1.54) is 12.1 Å². The van der Waals surface area contributed by atoms with Crippen LogP contribution in [0.4, 0.5) is 0 Å². The molecule has 0 fully saturated rings. The molecule has 0 atom stereocenters. The summed E-state index contributed by atoms with van der Waals surface area (Å²) >= 11 is 17.7. The fourth-order valence-electron chi connectivity index (χ4n) is 1.70. The zero-order valence-corrected chi connectivity index (χ0v) is 14.4. The van der Waals surface area contributed by atoms with Gasteiger partial charge in [0.15, 0.2) is 6.61 Å². The number of hydrogen-bond donors (Lipinski definition) is 1. The second kappa shape index (κ2) is 9.36. The molecule has 0 aliphatic heterocycles. The van der Waals surface area contributed by atoms with Gasteiger partial charge in [-0.15, -0.1) is 0 Å². The molecule has 0 bridgehead atoms. The average Bonchev–Trinajstić information content (AvgIpc) is 2.46. The molecule has 21 heavy (non-hydrogen) atoms. The Morgan fingerprint density at radius 1 is 1.14 bits per heavy atom. The molecular formula is C14H19Cl3N2O2. The van der Waals surface area contributed by atoms with Crippen molar-refractivity contribution < 1.29 is 9.53 Å². The summed E-state index contributed by atoms with van der Waals surface area (Å²) in [6.07, 6.45) is 0. The van der Waals surface area contributed by atoms with Gasteiger partial charge < -0.3 is 15.0 Å². The molecule has 1 amide bonds. The second-order valence-corrected chi connectivity index (χ2v) is 5.58. The topological polar surface area (TPSA) is 41.6 Å². The molecular weight excluding hydrogens is 335 g/mol. The van der Waals surface area contributed by atoms with Crippen molar-refractivity contribution in [2.45, 2.75) is 13.8 Å². The molecule has 118 valence electrons. The summed E-state index contributed by atoms with van der Waals surface area (Å²) < 4.78 is 5.34. The summed E-state index contributed by atoms with van der Waals surface area (Å²) in [4.78, 5) is 13.9. The van der Waals surface area contributed by atoms with Crippen molar-refractivity contribution in [3.8, 4) is 5.75 Å². The van der Waals surface area contributed by atoms with Crippen molar-refractivity contribution in [3.05, 3.63) is 27.2 Å². The minimum Gasteiger partial charge on any atom is -0.482 e. The minimum absolute atomic E-state index is 0.115. The largest absolute Gasteiger partial charge is 0.482 e. The number of benzene rings is 1. The maximum atomic E-state index is 11.7. The van der Waals surface area contributed by atoms with Gasteiger partial charge in [-0.1, -0.05) is 48.7 Å². The molecule has 0 spiro atoms. The lowest BCUT2D eigenvalue weighted by atomic mass is 10.3. The molecule has 0 heterocycles. The zero-order chi connectivity index (χ0) is 15.8. The van der Waals surface area contributed by atoms with Crippen molar-refractivity contribution in [2.24, 2.45) is 0 Å². The van der Waals surface area contributed by atoms with E-state index in [0.717, 1.165) is 19.6 Å². The summed E-state index contributed by atoms with van der Waals surface area (Å²) in [5, 5.41) is 3.79. The Kier molecular flexibility index (Phi) is 8.19. The SMILES string of the molecule is CCN(CC)CCNC(=O)COc1cc(Cl)c(Cl)cc1Cl. The number of nitrogens with one attached hydrogen (secondary N) is 1. The normalized spacial score (nSPS) is 10.8. The summed E-state index contributed by atoms with van der Waals surface area (Å²) in [5.74, 6) is 0.134. The maximum Gasteiger partial charge on any atom is 0.257 e. The standard InChI is InChI=1S/C14H19Cl3N2O2/c1-3-19(4-2)6-5-18-14(20)9-21-13-8-11(16)10(15)7-12(13)17/h7-8H,3-6,9H2,1-2H3,(H,18,20). The Hall–Kier alpha value is -0.680. The Morgan fingerprint density at radius 3 is 2.38 bits per heavy atom. The number of carbonyl (C=O) groups is 1. The highest BCUT2D eigenvalue weighted by atomic mass is 35.5. The molecule has 0 aromatic heterocycles. The lowest BCUT2D eigenvalue weighted by molar-refractivity contribution is -0.123. The second-order valence-electron chi connectivity index (χ2n) is 4.36. The van der Waals surface area contributed by atoms with E-state index in [-0.39, 0.29) is 12.5 Å². The van der Waals surface area contributed by atoms with Gasteiger partial charge in [0.25, 0.3) is 5.91 Å².